The fourth-order valence-electron chi connectivity index (χ4n) is 3.23. The first-order valence-corrected chi connectivity index (χ1v) is 9.50. The van der Waals surface area contributed by atoms with Crippen LogP contribution < -0.4 is 16.6 Å². The van der Waals surface area contributed by atoms with Crippen molar-refractivity contribution in [3.8, 4) is 11.3 Å². The highest BCUT2D eigenvalue weighted by Gasteiger charge is 2.14. The van der Waals surface area contributed by atoms with Crippen molar-refractivity contribution in [1.29, 1.82) is 0 Å². The highest BCUT2D eigenvalue weighted by Crippen LogP contribution is 2.17. The third kappa shape index (κ3) is 3.87. The van der Waals surface area contributed by atoms with Gasteiger partial charge in [-0.2, -0.15) is 0 Å². The normalized spacial score (nSPS) is 11.1. The molecule has 158 valence electrons. The highest BCUT2D eigenvalue weighted by atomic mass is 19.1. The smallest absolute Gasteiger partial charge is 0.332 e. The fourth-order valence-corrected chi connectivity index (χ4v) is 3.23. The maximum atomic E-state index is 13.1. The molecule has 1 aromatic carbocycles. The van der Waals surface area contributed by atoms with Crippen LogP contribution in [0.4, 0.5) is 4.39 Å². The number of benzene rings is 1. The van der Waals surface area contributed by atoms with Crippen molar-refractivity contribution in [3.05, 3.63) is 80.8 Å². The van der Waals surface area contributed by atoms with E-state index in [2.05, 4.69) is 20.3 Å². The molecule has 0 aliphatic carbocycles. The third-order valence-corrected chi connectivity index (χ3v) is 4.97. The van der Waals surface area contributed by atoms with Gasteiger partial charge >= 0.3 is 5.69 Å². The molecule has 3 heterocycles. The van der Waals surface area contributed by atoms with Gasteiger partial charge in [0.1, 0.15) is 23.0 Å². The molecule has 0 saturated heterocycles. The van der Waals surface area contributed by atoms with E-state index in [0.29, 0.717) is 18.8 Å². The van der Waals surface area contributed by atoms with E-state index in [0.717, 1.165) is 15.8 Å². The molecule has 10 heteroatoms. The van der Waals surface area contributed by atoms with E-state index in [9.17, 15) is 18.8 Å². The molecule has 4 aromatic rings. The predicted octanol–water partition coefficient (Wildman–Crippen LogP) is 1.13. The molecule has 0 radical (unpaired) electrons. The number of hydrogen-bond donors (Lipinski definition) is 2. The Morgan fingerprint density at radius 2 is 1.84 bits per heavy atom. The standard InChI is InChI=1S/C21H19FN6O3/c1-27-18-14(20(30)28(2)21(27)31)7-8-15(26-18)19(29)23-10-9-17-24-11-16(25-17)12-3-5-13(22)6-4-12/h3-8,11H,9-10H2,1-2H3,(H,23,29)(H,24,25). The maximum absolute atomic E-state index is 13.1. The summed E-state index contributed by atoms with van der Waals surface area (Å²) in [4.78, 5) is 48.4. The Morgan fingerprint density at radius 3 is 2.58 bits per heavy atom. The first-order chi connectivity index (χ1) is 14.8. The number of fused-ring (bicyclic) bond motifs is 1. The quantitative estimate of drug-likeness (QED) is 0.501. The molecule has 0 fully saturated rings. The summed E-state index contributed by atoms with van der Waals surface area (Å²) < 4.78 is 15.3. The molecule has 31 heavy (non-hydrogen) atoms. The molecule has 0 spiro atoms. The Bertz CT molecular complexity index is 1400. The molecular weight excluding hydrogens is 403 g/mol. The molecule has 1 amide bonds. The van der Waals surface area contributed by atoms with Crippen LogP contribution in [0, 0.1) is 5.82 Å². The topological polar surface area (TPSA) is 115 Å². The molecule has 4 rings (SSSR count). The van der Waals surface area contributed by atoms with E-state index < -0.39 is 17.2 Å². The van der Waals surface area contributed by atoms with Gasteiger partial charge in [0.15, 0.2) is 0 Å². The van der Waals surface area contributed by atoms with Crippen molar-refractivity contribution in [2.75, 3.05) is 6.54 Å². The van der Waals surface area contributed by atoms with E-state index >= 15 is 0 Å². The van der Waals surface area contributed by atoms with Crippen LogP contribution in [0.3, 0.4) is 0 Å². The van der Waals surface area contributed by atoms with Crippen molar-refractivity contribution >= 4 is 16.9 Å². The summed E-state index contributed by atoms with van der Waals surface area (Å²) in [5.41, 5.74) is 0.823. The Hall–Kier alpha value is -4.08. The number of hydrogen-bond acceptors (Lipinski definition) is 5. The monoisotopic (exact) mass is 422 g/mol. The number of H-pyrrole nitrogens is 1. The summed E-state index contributed by atoms with van der Waals surface area (Å²) in [7, 11) is 2.88. The predicted molar refractivity (Wildman–Crippen MR) is 112 cm³/mol. The van der Waals surface area contributed by atoms with Crippen LogP contribution in [0.2, 0.25) is 0 Å². The van der Waals surface area contributed by atoms with Crippen LogP contribution >= 0.6 is 0 Å². The lowest BCUT2D eigenvalue weighted by atomic mass is 10.2. The number of nitrogens with zero attached hydrogens (tertiary/aromatic N) is 4. The number of rotatable bonds is 5. The summed E-state index contributed by atoms with van der Waals surface area (Å²) in [5.74, 6) is -0.0775. The minimum absolute atomic E-state index is 0.0993. The van der Waals surface area contributed by atoms with Gasteiger partial charge < -0.3 is 10.3 Å². The number of pyridine rings is 1. The lowest BCUT2D eigenvalue weighted by molar-refractivity contribution is 0.0949. The van der Waals surface area contributed by atoms with Gasteiger partial charge in [-0.25, -0.2) is 19.2 Å². The number of halogens is 1. The van der Waals surface area contributed by atoms with Crippen molar-refractivity contribution in [2.24, 2.45) is 14.1 Å². The van der Waals surface area contributed by atoms with Crippen molar-refractivity contribution < 1.29 is 9.18 Å². The lowest BCUT2D eigenvalue weighted by Gasteiger charge is -2.08. The molecule has 0 unspecified atom stereocenters. The van der Waals surface area contributed by atoms with Gasteiger partial charge in [0.05, 0.1) is 17.3 Å². The van der Waals surface area contributed by atoms with Gasteiger partial charge in [0, 0.05) is 27.1 Å². The molecule has 0 bridgehead atoms. The molecule has 2 N–H and O–H groups in total. The van der Waals surface area contributed by atoms with E-state index in [1.807, 2.05) is 0 Å². The minimum atomic E-state index is -0.516. The number of nitrogens with one attached hydrogen (secondary N) is 2. The van der Waals surface area contributed by atoms with Gasteiger partial charge in [0.2, 0.25) is 0 Å². The van der Waals surface area contributed by atoms with Crippen LogP contribution in [0.15, 0.2) is 52.2 Å². The van der Waals surface area contributed by atoms with E-state index in [1.54, 1.807) is 18.3 Å². The zero-order valence-corrected chi connectivity index (χ0v) is 16.8. The number of amides is 1. The van der Waals surface area contributed by atoms with Crippen LogP contribution in [0.5, 0.6) is 0 Å². The highest BCUT2D eigenvalue weighted by molar-refractivity contribution is 5.94. The van der Waals surface area contributed by atoms with Crippen molar-refractivity contribution in [1.82, 2.24) is 29.4 Å². The average molecular weight is 422 g/mol. The second-order valence-electron chi connectivity index (χ2n) is 7.03. The van der Waals surface area contributed by atoms with E-state index in [1.165, 1.54) is 42.9 Å². The van der Waals surface area contributed by atoms with Crippen molar-refractivity contribution in [2.45, 2.75) is 6.42 Å². The summed E-state index contributed by atoms with van der Waals surface area (Å²) in [6.07, 6.45) is 2.09. The number of imidazole rings is 1. The largest absolute Gasteiger partial charge is 0.350 e. The van der Waals surface area contributed by atoms with Crippen LogP contribution in [-0.2, 0) is 20.5 Å². The Balaban J connectivity index is 1.45. The average Bonchev–Trinajstić information content (AvgIpc) is 3.25. The summed E-state index contributed by atoms with van der Waals surface area (Å²) >= 11 is 0. The Kier molecular flexibility index (Phi) is 5.20. The van der Waals surface area contributed by atoms with Crippen LogP contribution in [0.25, 0.3) is 22.3 Å². The minimum Gasteiger partial charge on any atom is -0.350 e. The Morgan fingerprint density at radius 1 is 1.10 bits per heavy atom. The summed E-state index contributed by atoms with van der Waals surface area (Å²) in [6, 6.07) is 8.99. The molecule has 0 saturated carbocycles. The second-order valence-corrected chi connectivity index (χ2v) is 7.03. The molecular formula is C21H19FN6O3. The van der Waals surface area contributed by atoms with E-state index in [4.69, 9.17) is 0 Å². The van der Waals surface area contributed by atoms with Gasteiger partial charge in [-0.15, -0.1) is 0 Å². The van der Waals surface area contributed by atoms with Gasteiger partial charge in [0.25, 0.3) is 11.5 Å². The van der Waals surface area contributed by atoms with Crippen molar-refractivity contribution in [3.63, 3.8) is 0 Å². The lowest BCUT2D eigenvalue weighted by Crippen LogP contribution is -2.37. The zero-order chi connectivity index (χ0) is 22.1. The zero-order valence-electron chi connectivity index (χ0n) is 16.8. The Labute approximate surface area is 175 Å². The van der Waals surface area contributed by atoms with Gasteiger partial charge in [-0.1, -0.05) is 0 Å². The first-order valence-electron chi connectivity index (χ1n) is 9.50. The first kappa shape index (κ1) is 20.2. The fraction of sp³-hybridized carbons (Fsp3) is 0.190. The number of carbonyl (C=O) groups excluding carboxylic acids is 1. The second kappa shape index (κ2) is 7.98. The SMILES string of the molecule is Cn1c(=O)c2ccc(C(=O)NCCc3ncc(-c4ccc(F)cc4)[nH]3)nc2n(C)c1=O. The van der Waals surface area contributed by atoms with Gasteiger partial charge in [-0.05, 0) is 42.0 Å². The molecule has 0 atom stereocenters. The summed E-state index contributed by atoms with van der Waals surface area (Å²) in [5, 5.41) is 3.00. The number of aryl methyl sites for hydroxylation is 1. The molecule has 9 nitrogen and oxygen atoms in total. The third-order valence-electron chi connectivity index (χ3n) is 4.97. The van der Waals surface area contributed by atoms with Gasteiger partial charge in [-0.3, -0.25) is 18.7 Å². The molecule has 3 aromatic heterocycles. The number of aromatic amines is 1. The molecule has 0 aliphatic rings. The maximum Gasteiger partial charge on any atom is 0.332 e. The number of carbonyl (C=O) groups is 1. The number of aromatic nitrogens is 5. The van der Waals surface area contributed by atoms with Crippen LogP contribution in [0.1, 0.15) is 16.3 Å². The van der Waals surface area contributed by atoms with Crippen LogP contribution in [-0.4, -0.2) is 36.5 Å². The van der Waals surface area contributed by atoms with E-state index in [-0.39, 0.29) is 22.5 Å². The molecule has 0 aliphatic heterocycles. The summed E-state index contributed by atoms with van der Waals surface area (Å²) in [6.45, 7) is 0.296.